The minimum Gasteiger partial charge on any atom is -0.744 e. The molecule has 0 fully saturated rings. The number of unbranched alkanes of at least 4 members (excludes halogenated alkanes) is 30. The van der Waals surface area contributed by atoms with Crippen LogP contribution in [-0.4, -0.2) is 25.9 Å². The molecule has 9 heteroatoms. The number of hydrogen-bond acceptors (Lipinski definition) is 6. The van der Waals surface area contributed by atoms with Crippen LogP contribution in [0.1, 0.15) is 230 Å². The summed E-state index contributed by atoms with van der Waals surface area (Å²) in [7, 11) is -8.71. The fourth-order valence-electron chi connectivity index (χ4n) is 7.64. The molecule has 2 aromatic rings. The zero-order valence-corrected chi connectivity index (χ0v) is 41.2. The van der Waals surface area contributed by atoms with Crippen molar-refractivity contribution < 1.29 is 45.4 Å². The number of aryl methyl sites for hydroxylation is 2. The van der Waals surface area contributed by atoms with Crippen molar-refractivity contribution in [3.05, 3.63) is 59.7 Å². The van der Waals surface area contributed by atoms with Gasteiger partial charge < -0.3 is 9.11 Å². The van der Waals surface area contributed by atoms with Gasteiger partial charge in [-0.15, -0.1) is 0 Å². The van der Waals surface area contributed by atoms with E-state index in [0.717, 1.165) is 25.7 Å². The van der Waals surface area contributed by atoms with Crippen LogP contribution in [0.15, 0.2) is 58.3 Å². The van der Waals surface area contributed by atoms with Gasteiger partial charge in [0, 0.05) is 0 Å². The third-order valence-corrected chi connectivity index (χ3v) is 13.0. The molecule has 2 rings (SSSR count). The van der Waals surface area contributed by atoms with Crippen molar-refractivity contribution >= 4 is 20.2 Å². The van der Waals surface area contributed by atoms with E-state index in [0.29, 0.717) is 24.0 Å². The molecule has 0 atom stereocenters. The summed E-state index contributed by atoms with van der Waals surface area (Å²) in [5, 5.41) is 0. The smallest absolute Gasteiger partial charge is 0.744 e. The van der Waals surface area contributed by atoms with Gasteiger partial charge in [0.05, 0.1) is 9.79 Å². The maximum absolute atomic E-state index is 11.3. The zero-order valence-electron chi connectivity index (χ0n) is 36.6. The van der Waals surface area contributed by atoms with Gasteiger partial charge in [0.1, 0.15) is 20.2 Å². The molecule has 0 aliphatic rings. The largest absolute Gasteiger partial charge is 2.00 e. The summed E-state index contributed by atoms with van der Waals surface area (Å²) in [6.45, 7) is 4.54. The van der Waals surface area contributed by atoms with Crippen LogP contribution in [0.3, 0.4) is 0 Å². The second-order valence-electron chi connectivity index (χ2n) is 16.2. The Bertz CT molecular complexity index is 1310. The summed E-state index contributed by atoms with van der Waals surface area (Å²) in [4.78, 5) is -0.0908. The predicted octanol–water partition coefficient (Wildman–Crippen LogP) is 14.8. The summed E-state index contributed by atoms with van der Waals surface area (Å²) in [5.41, 5.74) is 1.34. The third-order valence-electron chi connectivity index (χ3n) is 11.1. The SMILES string of the molecule is CCCCCCCCCCCCCCCCCCc1ccccc1S(=O)(=O)[O-].CCCCCCCCCCCCCCCCCCc1ccccc1S(=O)(=O)[O-].[Zn+2]. The maximum Gasteiger partial charge on any atom is 2.00 e. The summed E-state index contributed by atoms with van der Waals surface area (Å²) in [6.07, 6.45) is 43.6. The van der Waals surface area contributed by atoms with Gasteiger partial charge in [-0.1, -0.05) is 243 Å². The van der Waals surface area contributed by atoms with Crippen LogP contribution in [-0.2, 0) is 52.6 Å². The van der Waals surface area contributed by atoms with Gasteiger partial charge in [0.15, 0.2) is 0 Å². The third kappa shape index (κ3) is 32.3. The van der Waals surface area contributed by atoms with Gasteiger partial charge in [-0.25, -0.2) is 16.8 Å². The zero-order chi connectivity index (χ0) is 41.0. The molecule has 0 aliphatic heterocycles. The Kier molecular flexibility index (Phi) is 37.1. The van der Waals surface area contributed by atoms with E-state index in [9.17, 15) is 25.9 Å². The summed E-state index contributed by atoms with van der Waals surface area (Å²) < 4.78 is 67.6. The molecule has 2 aromatic carbocycles. The normalized spacial score (nSPS) is 11.6. The van der Waals surface area contributed by atoms with Crippen molar-refractivity contribution in [1.29, 1.82) is 0 Å². The molecule has 57 heavy (non-hydrogen) atoms. The van der Waals surface area contributed by atoms with Crippen LogP contribution in [0.4, 0.5) is 0 Å². The number of rotatable bonds is 36. The standard InChI is InChI=1S/2C24H42O3S.Zn/c2*1-2-3-4-5-6-7-8-9-10-11-12-13-14-15-16-17-20-23-21-18-19-22-24(23)28(25,26)27;/h2*18-19,21-22H,2-17,20H2,1H3,(H,25,26,27);/q;;+2/p-2. The topological polar surface area (TPSA) is 114 Å². The summed E-state index contributed by atoms with van der Waals surface area (Å²) in [6, 6.07) is 13.2. The maximum atomic E-state index is 11.3. The van der Waals surface area contributed by atoms with Gasteiger partial charge in [0.2, 0.25) is 0 Å². The van der Waals surface area contributed by atoms with Crippen molar-refractivity contribution in [1.82, 2.24) is 0 Å². The van der Waals surface area contributed by atoms with Crippen molar-refractivity contribution in [2.45, 2.75) is 242 Å². The Labute approximate surface area is 365 Å². The molecule has 324 valence electrons. The van der Waals surface area contributed by atoms with E-state index < -0.39 is 20.2 Å². The molecular weight excluding hydrogens is 802 g/mol. The van der Waals surface area contributed by atoms with E-state index in [2.05, 4.69) is 13.8 Å². The first-order chi connectivity index (χ1) is 27.1. The fraction of sp³-hybridized carbons (Fsp3) is 0.750. The molecule has 0 aromatic heterocycles. The van der Waals surface area contributed by atoms with Crippen LogP contribution < -0.4 is 0 Å². The second kappa shape index (κ2) is 37.9. The van der Waals surface area contributed by atoms with E-state index in [4.69, 9.17) is 0 Å². The Balaban J connectivity index is 0.00000108. The monoisotopic (exact) mass is 882 g/mol. The summed E-state index contributed by atoms with van der Waals surface area (Å²) >= 11 is 0. The molecule has 0 radical (unpaired) electrons. The first-order valence-electron chi connectivity index (χ1n) is 23.2. The van der Waals surface area contributed by atoms with Crippen molar-refractivity contribution in [3.63, 3.8) is 0 Å². The molecular formula is C48H82O6S2Zn. The fourth-order valence-corrected chi connectivity index (χ4v) is 9.11. The first-order valence-corrected chi connectivity index (χ1v) is 26.0. The number of hydrogen-bond donors (Lipinski definition) is 0. The molecule has 0 aliphatic carbocycles. The van der Waals surface area contributed by atoms with E-state index in [1.807, 2.05) is 0 Å². The average molecular weight is 885 g/mol. The molecule has 0 amide bonds. The Morgan fingerprint density at radius 2 is 0.526 bits per heavy atom. The Morgan fingerprint density at radius 3 is 0.737 bits per heavy atom. The van der Waals surface area contributed by atoms with Crippen molar-refractivity contribution in [2.24, 2.45) is 0 Å². The molecule has 0 spiro atoms. The van der Waals surface area contributed by atoms with Crippen molar-refractivity contribution in [3.8, 4) is 0 Å². The van der Waals surface area contributed by atoms with Crippen LogP contribution in [0.5, 0.6) is 0 Å². The molecule has 0 N–H and O–H groups in total. The van der Waals surface area contributed by atoms with Gasteiger partial charge in [-0.05, 0) is 48.9 Å². The van der Waals surface area contributed by atoms with E-state index >= 15 is 0 Å². The minimum absolute atomic E-state index is 0. The molecule has 0 bridgehead atoms. The van der Waals surface area contributed by atoms with Gasteiger partial charge >= 0.3 is 19.5 Å². The van der Waals surface area contributed by atoms with Gasteiger partial charge in [-0.3, -0.25) is 0 Å². The molecule has 0 heterocycles. The molecule has 6 nitrogen and oxygen atoms in total. The molecule has 0 unspecified atom stereocenters. The summed E-state index contributed by atoms with van der Waals surface area (Å²) in [5.74, 6) is 0. The average Bonchev–Trinajstić information content (AvgIpc) is 3.17. The minimum atomic E-state index is -4.36. The number of benzene rings is 2. The molecule has 0 saturated carbocycles. The van der Waals surface area contributed by atoms with Gasteiger partial charge in [0.25, 0.3) is 0 Å². The van der Waals surface area contributed by atoms with Crippen LogP contribution in [0.25, 0.3) is 0 Å². The second-order valence-corrected chi connectivity index (χ2v) is 18.9. The van der Waals surface area contributed by atoms with E-state index in [1.54, 1.807) is 36.4 Å². The predicted molar refractivity (Wildman–Crippen MR) is 235 cm³/mol. The Hall–Kier alpha value is -1.12. The first kappa shape index (κ1) is 55.9. The molecule has 0 saturated heterocycles. The van der Waals surface area contributed by atoms with Crippen molar-refractivity contribution in [2.75, 3.05) is 0 Å². The van der Waals surface area contributed by atoms with Crippen LogP contribution >= 0.6 is 0 Å². The Morgan fingerprint density at radius 1 is 0.333 bits per heavy atom. The van der Waals surface area contributed by atoms with Crippen LogP contribution in [0, 0.1) is 0 Å². The van der Waals surface area contributed by atoms with Gasteiger partial charge in [-0.2, -0.15) is 0 Å². The van der Waals surface area contributed by atoms with E-state index in [-0.39, 0.29) is 29.3 Å². The van der Waals surface area contributed by atoms with E-state index in [1.165, 1.54) is 192 Å². The van der Waals surface area contributed by atoms with Crippen LogP contribution in [0.2, 0.25) is 0 Å². The quantitative estimate of drug-likeness (QED) is 0.0382.